The SMILES string of the molecule is O=C(COC(=O)CN1C(=O)[C@H]2CC=CC[C@H]2C1=O)Nc1ncc(Cl)cc1Cl. The Morgan fingerprint density at radius 3 is 2.41 bits per heavy atom. The number of carbonyl (C=O) groups is 4. The molecule has 2 atom stereocenters. The van der Waals surface area contributed by atoms with E-state index >= 15 is 0 Å². The third-order valence-corrected chi connectivity index (χ3v) is 4.81. The number of anilines is 1. The molecule has 3 amide bonds. The van der Waals surface area contributed by atoms with Crippen LogP contribution >= 0.6 is 23.2 Å². The standard InChI is InChI=1S/C17H15Cl2N3O5/c18-9-5-12(19)15(20-6-9)21-13(23)8-27-14(24)7-22-16(25)10-3-1-2-4-11(10)17(22)26/h1-2,5-6,10-11H,3-4,7-8H2,(H,20,21,23)/t10-,11+. The number of hydrogen-bond acceptors (Lipinski definition) is 6. The highest BCUT2D eigenvalue weighted by molar-refractivity contribution is 6.36. The summed E-state index contributed by atoms with van der Waals surface area (Å²) in [6.45, 7) is -1.12. The third kappa shape index (κ3) is 4.28. The summed E-state index contributed by atoms with van der Waals surface area (Å²) in [5.74, 6) is -3.05. The molecule has 1 aliphatic heterocycles. The Morgan fingerprint density at radius 2 is 1.81 bits per heavy atom. The van der Waals surface area contributed by atoms with Crippen LogP contribution in [0, 0.1) is 11.8 Å². The summed E-state index contributed by atoms with van der Waals surface area (Å²) in [4.78, 5) is 53.1. The van der Waals surface area contributed by atoms with E-state index in [4.69, 9.17) is 27.9 Å². The van der Waals surface area contributed by atoms with Gasteiger partial charge in [0.25, 0.3) is 5.91 Å². The number of esters is 1. The molecule has 8 nitrogen and oxygen atoms in total. The topological polar surface area (TPSA) is 106 Å². The highest BCUT2D eigenvalue weighted by atomic mass is 35.5. The van der Waals surface area contributed by atoms with Crippen LogP contribution in [0.1, 0.15) is 12.8 Å². The first-order valence-electron chi connectivity index (χ1n) is 8.13. The van der Waals surface area contributed by atoms with Gasteiger partial charge in [-0.15, -0.1) is 0 Å². The zero-order chi connectivity index (χ0) is 19.6. The van der Waals surface area contributed by atoms with E-state index in [1.807, 2.05) is 12.2 Å². The molecule has 0 saturated carbocycles. The minimum Gasteiger partial charge on any atom is -0.454 e. The molecule has 0 aromatic carbocycles. The van der Waals surface area contributed by atoms with E-state index < -0.39 is 36.9 Å². The number of fused-ring (bicyclic) bond motifs is 1. The Morgan fingerprint density at radius 1 is 1.19 bits per heavy atom. The van der Waals surface area contributed by atoms with E-state index in [9.17, 15) is 19.2 Å². The molecule has 27 heavy (non-hydrogen) atoms. The minimum absolute atomic E-state index is 0.0728. The molecular weight excluding hydrogens is 397 g/mol. The summed E-state index contributed by atoms with van der Waals surface area (Å²) in [5.41, 5.74) is 0. The lowest BCUT2D eigenvalue weighted by Gasteiger charge is -2.14. The van der Waals surface area contributed by atoms with E-state index in [1.165, 1.54) is 12.3 Å². The van der Waals surface area contributed by atoms with Gasteiger partial charge in [0.1, 0.15) is 6.54 Å². The number of amides is 3. The monoisotopic (exact) mass is 411 g/mol. The fourth-order valence-corrected chi connectivity index (χ4v) is 3.45. The number of nitrogens with zero attached hydrogens (tertiary/aromatic N) is 2. The van der Waals surface area contributed by atoms with Gasteiger partial charge in [-0.05, 0) is 18.9 Å². The summed E-state index contributed by atoms with van der Waals surface area (Å²) < 4.78 is 4.84. The lowest BCUT2D eigenvalue weighted by molar-refractivity contribution is -0.154. The van der Waals surface area contributed by atoms with Crippen molar-refractivity contribution < 1.29 is 23.9 Å². The zero-order valence-corrected chi connectivity index (χ0v) is 15.5. The van der Waals surface area contributed by atoms with Crippen molar-refractivity contribution in [2.75, 3.05) is 18.5 Å². The largest absolute Gasteiger partial charge is 0.454 e. The lowest BCUT2D eigenvalue weighted by atomic mass is 9.85. The number of ether oxygens (including phenoxy) is 1. The quantitative estimate of drug-likeness (QED) is 0.449. The van der Waals surface area contributed by atoms with Gasteiger partial charge in [-0.3, -0.25) is 24.1 Å². The number of halogens is 2. The van der Waals surface area contributed by atoms with Gasteiger partial charge in [0.05, 0.1) is 21.9 Å². The fraction of sp³-hybridized carbons (Fsp3) is 0.353. The van der Waals surface area contributed by atoms with Crippen molar-refractivity contribution in [3.63, 3.8) is 0 Å². The number of allylic oxidation sites excluding steroid dienone is 2. The maximum absolute atomic E-state index is 12.3. The van der Waals surface area contributed by atoms with Crippen LogP contribution in [0.25, 0.3) is 0 Å². The first-order chi connectivity index (χ1) is 12.9. The summed E-state index contributed by atoms with van der Waals surface area (Å²) in [7, 11) is 0. The lowest BCUT2D eigenvalue weighted by Crippen LogP contribution is -2.37. The Hall–Kier alpha value is -2.45. The first kappa shape index (κ1) is 19.3. The highest BCUT2D eigenvalue weighted by Gasteiger charge is 2.47. The van der Waals surface area contributed by atoms with Crippen LogP contribution in [-0.2, 0) is 23.9 Å². The van der Waals surface area contributed by atoms with Gasteiger partial charge in [0, 0.05) is 6.20 Å². The van der Waals surface area contributed by atoms with E-state index in [2.05, 4.69) is 10.3 Å². The second-order valence-electron chi connectivity index (χ2n) is 6.11. The second-order valence-corrected chi connectivity index (χ2v) is 6.95. The molecular formula is C17H15Cl2N3O5. The van der Waals surface area contributed by atoms with Crippen LogP contribution in [0.3, 0.4) is 0 Å². The van der Waals surface area contributed by atoms with Crippen LogP contribution in [0.15, 0.2) is 24.4 Å². The van der Waals surface area contributed by atoms with Crippen LogP contribution in [-0.4, -0.2) is 46.7 Å². The molecule has 0 radical (unpaired) electrons. The Balaban J connectivity index is 1.50. The number of likely N-dealkylation sites (tertiary alicyclic amines) is 1. The maximum Gasteiger partial charge on any atom is 0.326 e. The Kier molecular flexibility index (Phi) is 5.76. The average Bonchev–Trinajstić information content (AvgIpc) is 2.88. The molecule has 1 aromatic rings. The highest BCUT2D eigenvalue weighted by Crippen LogP contribution is 2.34. The number of rotatable bonds is 5. The summed E-state index contributed by atoms with van der Waals surface area (Å²) in [5, 5.41) is 2.81. The normalized spacial score (nSPS) is 21.2. The summed E-state index contributed by atoms with van der Waals surface area (Å²) >= 11 is 11.6. The second kappa shape index (κ2) is 8.06. The fourth-order valence-electron chi connectivity index (χ4n) is 3.02. The van der Waals surface area contributed by atoms with Gasteiger partial charge in [-0.25, -0.2) is 4.98 Å². The van der Waals surface area contributed by atoms with E-state index in [0.29, 0.717) is 17.9 Å². The molecule has 1 N–H and O–H groups in total. The van der Waals surface area contributed by atoms with Crippen molar-refractivity contribution in [1.29, 1.82) is 0 Å². The molecule has 142 valence electrons. The van der Waals surface area contributed by atoms with Crippen LogP contribution in [0.2, 0.25) is 10.0 Å². The smallest absolute Gasteiger partial charge is 0.326 e. The molecule has 1 fully saturated rings. The van der Waals surface area contributed by atoms with Crippen molar-refractivity contribution >= 4 is 52.7 Å². The van der Waals surface area contributed by atoms with E-state index in [0.717, 1.165) is 4.90 Å². The summed E-state index contributed by atoms with van der Waals surface area (Å²) in [6, 6.07) is 1.40. The van der Waals surface area contributed by atoms with Gasteiger partial charge in [-0.2, -0.15) is 0 Å². The zero-order valence-electron chi connectivity index (χ0n) is 14.0. The van der Waals surface area contributed by atoms with Gasteiger partial charge in [0.15, 0.2) is 12.4 Å². The number of carbonyl (C=O) groups excluding carboxylic acids is 4. The van der Waals surface area contributed by atoms with E-state index in [1.54, 1.807) is 0 Å². The molecule has 2 heterocycles. The molecule has 3 rings (SSSR count). The molecule has 1 aliphatic carbocycles. The Bertz CT molecular complexity index is 816. The van der Waals surface area contributed by atoms with E-state index in [-0.39, 0.29) is 22.7 Å². The summed E-state index contributed by atoms with van der Waals surface area (Å²) in [6.07, 6.45) is 5.98. The van der Waals surface area contributed by atoms with Gasteiger partial charge >= 0.3 is 5.97 Å². The number of pyridine rings is 1. The molecule has 0 bridgehead atoms. The Labute approximate surface area is 164 Å². The van der Waals surface area contributed by atoms with Gasteiger partial charge in [-0.1, -0.05) is 35.4 Å². The number of imide groups is 1. The van der Waals surface area contributed by atoms with Crippen molar-refractivity contribution in [3.8, 4) is 0 Å². The molecule has 10 heteroatoms. The number of nitrogens with one attached hydrogen (secondary N) is 1. The molecule has 0 unspecified atom stereocenters. The van der Waals surface area contributed by atoms with Gasteiger partial charge < -0.3 is 10.1 Å². The van der Waals surface area contributed by atoms with Crippen molar-refractivity contribution in [3.05, 3.63) is 34.5 Å². The minimum atomic E-state index is -0.853. The average molecular weight is 412 g/mol. The number of aromatic nitrogens is 1. The molecule has 2 aliphatic rings. The first-order valence-corrected chi connectivity index (χ1v) is 8.89. The van der Waals surface area contributed by atoms with Crippen LogP contribution < -0.4 is 5.32 Å². The predicted octanol–water partition coefficient (Wildman–Crippen LogP) is 1.82. The van der Waals surface area contributed by atoms with Crippen molar-refractivity contribution in [1.82, 2.24) is 9.88 Å². The third-order valence-electron chi connectivity index (χ3n) is 4.32. The van der Waals surface area contributed by atoms with Crippen LogP contribution in [0.5, 0.6) is 0 Å². The molecule has 0 spiro atoms. The van der Waals surface area contributed by atoms with Crippen LogP contribution in [0.4, 0.5) is 5.82 Å². The molecule has 1 aromatic heterocycles. The van der Waals surface area contributed by atoms with Crippen molar-refractivity contribution in [2.45, 2.75) is 12.8 Å². The predicted molar refractivity (Wildman–Crippen MR) is 95.9 cm³/mol. The van der Waals surface area contributed by atoms with Crippen molar-refractivity contribution in [2.24, 2.45) is 11.8 Å². The van der Waals surface area contributed by atoms with Gasteiger partial charge in [0.2, 0.25) is 11.8 Å². The maximum atomic E-state index is 12.3. The number of hydrogen-bond donors (Lipinski definition) is 1. The molecule has 1 saturated heterocycles.